The van der Waals surface area contributed by atoms with Crippen LogP contribution in [0.25, 0.3) is 0 Å². The van der Waals surface area contributed by atoms with Crippen LogP contribution in [0, 0.1) is 0 Å². The van der Waals surface area contributed by atoms with Crippen molar-refractivity contribution in [1.29, 1.82) is 0 Å². The Morgan fingerprint density at radius 1 is 1.07 bits per heavy atom. The molecule has 2 heteroatoms. The Hall–Kier alpha value is -1.05. The summed E-state index contributed by atoms with van der Waals surface area (Å²) in [6.45, 7) is 5.00. The Morgan fingerprint density at radius 3 is 2.33 bits per heavy atom. The topological polar surface area (TPSA) is 29.1 Å². The molecule has 0 aliphatic carbocycles. The SMILES string of the molecule is CCCC=C/C=C/CCC(=O)NCCC. The van der Waals surface area contributed by atoms with E-state index < -0.39 is 0 Å². The molecule has 0 aromatic carbocycles. The Morgan fingerprint density at radius 2 is 1.73 bits per heavy atom. The summed E-state index contributed by atoms with van der Waals surface area (Å²) in [5.41, 5.74) is 0. The van der Waals surface area contributed by atoms with Crippen LogP contribution < -0.4 is 5.32 Å². The fourth-order valence-electron chi connectivity index (χ4n) is 1.08. The van der Waals surface area contributed by atoms with Crippen molar-refractivity contribution in [3.05, 3.63) is 24.3 Å². The van der Waals surface area contributed by atoms with Gasteiger partial charge in [0.2, 0.25) is 5.91 Å². The van der Waals surface area contributed by atoms with Gasteiger partial charge in [0.25, 0.3) is 0 Å². The lowest BCUT2D eigenvalue weighted by Gasteiger charge is -2.00. The van der Waals surface area contributed by atoms with Crippen LogP contribution in [-0.2, 0) is 4.79 Å². The number of allylic oxidation sites excluding steroid dienone is 4. The zero-order chi connectivity index (χ0) is 11.4. The summed E-state index contributed by atoms with van der Waals surface area (Å²) in [6, 6.07) is 0. The molecule has 1 amide bonds. The maximum absolute atomic E-state index is 11.2. The lowest BCUT2D eigenvalue weighted by Crippen LogP contribution is -2.23. The number of hydrogen-bond acceptors (Lipinski definition) is 1. The zero-order valence-corrected chi connectivity index (χ0v) is 9.96. The van der Waals surface area contributed by atoms with Gasteiger partial charge in [0, 0.05) is 13.0 Å². The Bertz CT molecular complexity index is 207. The van der Waals surface area contributed by atoms with Gasteiger partial charge in [-0.3, -0.25) is 4.79 Å². The number of carbonyl (C=O) groups excluding carboxylic acids is 1. The van der Waals surface area contributed by atoms with E-state index in [1.807, 2.05) is 18.2 Å². The monoisotopic (exact) mass is 209 g/mol. The molecule has 15 heavy (non-hydrogen) atoms. The van der Waals surface area contributed by atoms with Crippen LogP contribution in [0.4, 0.5) is 0 Å². The Kier molecular flexibility index (Phi) is 10.3. The smallest absolute Gasteiger partial charge is 0.220 e. The minimum Gasteiger partial charge on any atom is -0.356 e. The van der Waals surface area contributed by atoms with E-state index in [0.717, 1.165) is 25.8 Å². The number of hydrogen-bond donors (Lipinski definition) is 1. The summed E-state index contributed by atoms with van der Waals surface area (Å²) < 4.78 is 0. The first kappa shape index (κ1) is 13.9. The molecule has 0 radical (unpaired) electrons. The van der Waals surface area contributed by atoms with E-state index >= 15 is 0 Å². The van der Waals surface area contributed by atoms with Crippen LogP contribution in [0.2, 0.25) is 0 Å². The van der Waals surface area contributed by atoms with E-state index in [4.69, 9.17) is 0 Å². The van der Waals surface area contributed by atoms with Crippen molar-refractivity contribution < 1.29 is 4.79 Å². The second-order valence-corrected chi connectivity index (χ2v) is 3.53. The van der Waals surface area contributed by atoms with Crippen molar-refractivity contribution in [2.45, 2.75) is 46.0 Å². The number of nitrogens with one attached hydrogen (secondary N) is 1. The van der Waals surface area contributed by atoms with Crippen molar-refractivity contribution >= 4 is 5.91 Å². The van der Waals surface area contributed by atoms with Crippen LogP contribution in [0.5, 0.6) is 0 Å². The van der Waals surface area contributed by atoms with Crippen LogP contribution >= 0.6 is 0 Å². The predicted molar refractivity (Wildman–Crippen MR) is 65.7 cm³/mol. The molecule has 0 saturated carbocycles. The molecule has 0 aromatic heterocycles. The average molecular weight is 209 g/mol. The van der Waals surface area contributed by atoms with Gasteiger partial charge >= 0.3 is 0 Å². The van der Waals surface area contributed by atoms with Gasteiger partial charge in [0.1, 0.15) is 0 Å². The molecular weight excluding hydrogens is 186 g/mol. The average Bonchev–Trinajstić information content (AvgIpc) is 2.25. The summed E-state index contributed by atoms with van der Waals surface area (Å²) in [5, 5.41) is 2.85. The fraction of sp³-hybridized carbons (Fsp3) is 0.615. The molecule has 1 N–H and O–H groups in total. The van der Waals surface area contributed by atoms with Gasteiger partial charge in [-0.15, -0.1) is 0 Å². The van der Waals surface area contributed by atoms with Gasteiger partial charge in [-0.2, -0.15) is 0 Å². The lowest BCUT2D eigenvalue weighted by atomic mass is 10.2. The van der Waals surface area contributed by atoms with Crippen molar-refractivity contribution in [2.24, 2.45) is 0 Å². The quantitative estimate of drug-likeness (QED) is 0.611. The molecule has 2 nitrogen and oxygen atoms in total. The highest BCUT2D eigenvalue weighted by molar-refractivity contribution is 5.75. The second kappa shape index (κ2) is 11.0. The molecule has 0 bridgehead atoms. The van der Waals surface area contributed by atoms with Gasteiger partial charge in [0.15, 0.2) is 0 Å². The Balaban J connectivity index is 3.39. The van der Waals surface area contributed by atoms with Crippen molar-refractivity contribution in [3.63, 3.8) is 0 Å². The normalized spacial score (nSPS) is 11.3. The highest BCUT2D eigenvalue weighted by atomic mass is 16.1. The molecule has 0 unspecified atom stereocenters. The maximum atomic E-state index is 11.2. The fourth-order valence-corrected chi connectivity index (χ4v) is 1.08. The molecule has 0 aliphatic heterocycles. The van der Waals surface area contributed by atoms with Crippen molar-refractivity contribution in [2.75, 3.05) is 6.54 Å². The van der Waals surface area contributed by atoms with Gasteiger partial charge < -0.3 is 5.32 Å². The highest BCUT2D eigenvalue weighted by Crippen LogP contribution is 1.93. The third-order valence-electron chi connectivity index (χ3n) is 1.95. The van der Waals surface area contributed by atoms with Gasteiger partial charge in [-0.25, -0.2) is 0 Å². The number of carbonyl (C=O) groups is 1. The number of rotatable bonds is 8. The first-order valence-corrected chi connectivity index (χ1v) is 5.89. The molecular formula is C13H23NO. The standard InChI is InChI=1S/C13H23NO/c1-3-5-6-7-8-9-10-11-13(15)14-12-4-2/h6-9H,3-5,10-12H2,1-2H3,(H,14,15)/b7-6?,9-8+. The van der Waals surface area contributed by atoms with Crippen LogP contribution in [0.1, 0.15) is 46.0 Å². The van der Waals surface area contributed by atoms with Crippen molar-refractivity contribution in [1.82, 2.24) is 5.32 Å². The summed E-state index contributed by atoms with van der Waals surface area (Å²) in [6.07, 6.45) is 13.0. The molecule has 0 atom stereocenters. The van der Waals surface area contributed by atoms with Crippen LogP contribution in [0.15, 0.2) is 24.3 Å². The molecule has 0 rings (SSSR count). The molecule has 0 spiro atoms. The summed E-state index contributed by atoms with van der Waals surface area (Å²) in [4.78, 5) is 11.2. The molecule has 0 aromatic rings. The molecule has 0 saturated heterocycles. The van der Waals surface area contributed by atoms with E-state index in [0.29, 0.717) is 6.42 Å². The lowest BCUT2D eigenvalue weighted by molar-refractivity contribution is -0.120. The zero-order valence-electron chi connectivity index (χ0n) is 9.96. The summed E-state index contributed by atoms with van der Waals surface area (Å²) in [7, 11) is 0. The van der Waals surface area contributed by atoms with Gasteiger partial charge in [0.05, 0.1) is 0 Å². The largest absolute Gasteiger partial charge is 0.356 e. The minimum atomic E-state index is 0.152. The Labute approximate surface area is 93.5 Å². The molecule has 0 fully saturated rings. The summed E-state index contributed by atoms with van der Waals surface area (Å²) in [5.74, 6) is 0.152. The van der Waals surface area contributed by atoms with Gasteiger partial charge in [-0.05, 0) is 19.3 Å². The van der Waals surface area contributed by atoms with E-state index in [9.17, 15) is 4.79 Å². The third kappa shape index (κ3) is 10.9. The van der Waals surface area contributed by atoms with E-state index in [-0.39, 0.29) is 5.91 Å². The van der Waals surface area contributed by atoms with Gasteiger partial charge in [-0.1, -0.05) is 44.6 Å². The second-order valence-electron chi connectivity index (χ2n) is 3.53. The van der Waals surface area contributed by atoms with Crippen LogP contribution in [-0.4, -0.2) is 12.5 Å². The number of unbranched alkanes of at least 4 members (excludes halogenated alkanes) is 1. The number of amides is 1. The third-order valence-corrected chi connectivity index (χ3v) is 1.95. The predicted octanol–water partition coefficient (Wildman–Crippen LogP) is 3.21. The first-order chi connectivity index (χ1) is 7.31. The van der Waals surface area contributed by atoms with E-state index in [2.05, 4.69) is 25.2 Å². The van der Waals surface area contributed by atoms with Crippen LogP contribution in [0.3, 0.4) is 0 Å². The molecule has 0 aliphatic rings. The minimum absolute atomic E-state index is 0.152. The molecule has 0 heterocycles. The van der Waals surface area contributed by atoms with E-state index in [1.165, 1.54) is 6.42 Å². The summed E-state index contributed by atoms with van der Waals surface area (Å²) >= 11 is 0. The molecule has 86 valence electrons. The maximum Gasteiger partial charge on any atom is 0.220 e. The first-order valence-electron chi connectivity index (χ1n) is 5.89. The van der Waals surface area contributed by atoms with E-state index in [1.54, 1.807) is 0 Å². The van der Waals surface area contributed by atoms with Crippen molar-refractivity contribution in [3.8, 4) is 0 Å². The highest BCUT2D eigenvalue weighted by Gasteiger charge is 1.95.